The molecule has 1 unspecified atom stereocenters. The summed E-state index contributed by atoms with van der Waals surface area (Å²) in [4.78, 5) is 15.7. The first-order valence-electron chi connectivity index (χ1n) is 8.26. The maximum Gasteiger partial charge on any atom is 0.220 e. The van der Waals surface area contributed by atoms with E-state index in [1.807, 2.05) is 0 Å². The predicted octanol–water partition coefficient (Wildman–Crippen LogP) is 2.54. The number of morpholine rings is 1. The maximum absolute atomic E-state index is 11.9. The molecule has 0 bridgehead atoms. The largest absolute Gasteiger partial charge is 0.374 e. The molecule has 0 radical (unpaired) electrons. The molecule has 1 fully saturated rings. The molecule has 1 aromatic heterocycles. The molecule has 5 heteroatoms. The second kappa shape index (κ2) is 9.28. The van der Waals surface area contributed by atoms with E-state index >= 15 is 0 Å². The lowest BCUT2D eigenvalue weighted by atomic mass is 10.1. The number of carbonyl (C=O) groups is 1. The number of carbonyl (C=O) groups excluding carboxylic acids is 1. The summed E-state index contributed by atoms with van der Waals surface area (Å²) in [6.07, 6.45) is 2.64. The predicted molar refractivity (Wildman–Crippen MR) is 91.3 cm³/mol. The number of amides is 1. The van der Waals surface area contributed by atoms with Crippen molar-refractivity contribution in [3.05, 3.63) is 22.4 Å². The van der Waals surface area contributed by atoms with Gasteiger partial charge in [0.05, 0.1) is 12.7 Å². The van der Waals surface area contributed by atoms with Gasteiger partial charge in [-0.15, -0.1) is 11.3 Å². The van der Waals surface area contributed by atoms with Gasteiger partial charge >= 0.3 is 0 Å². The second-order valence-corrected chi connectivity index (χ2v) is 7.42. The van der Waals surface area contributed by atoms with Crippen molar-refractivity contribution in [2.24, 2.45) is 5.92 Å². The third-order valence-electron chi connectivity index (χ3n) is 3.78. The zero-order valence-corrected chi connectivity index (χ0v) is 14.5. The average molecular weight is 324 g/mol. The van der Waals surface area contributed by atoms with Gasteiger partial charge in [-0.05, 0) is 30.2 Å². The lowest BCUT2D eigenvalue weighted by molar-refractivity contribution is -0.122. The Kier molecular flexibility index (Phi) is 7.36. The first-order chi connectivity index (χ1) is 10.6. The Morgan fingerprint density at radius 1 is 1.55 bits per heavy atom. The molecule has 2 heterocycles. The third kappa shape index (κ3) is 6.46. The smallest absolute Gasteiger partial charge is 0.220 e. The molecule has 1 atom stereocenters. The van der Waals surface area contributed by atoms with Crippen LogP contribution in [0.2, 0.25) is 0 Å². The molecule has 1 amide bonds. The lowest BCUT2D eigenvalue weighted by Crippen LogP contribution is -2.48. The molecule has 0 aliphatic carbocycles. The van der Waals surface area contributed by atoms with Crippen LogP contribution in [0.1, 0.15) is 31.6 Å². The number of aryl methyl sites for hydroxylation is 1. The Bertz CT molecular complexity index is 434. The summed E-state index contributed by atoms with van der Waals surface area (Å²) in [5.41, 5.74) is 0. The zero-order valence-electron chi connectivity index (χ0n) is 13.7. The summed E-state index contributed by atoms with van der Waals surface area (Å²) in [7, 11) is 0. The Labute approximate surface area is 137 Å². The highest BCUT2D eigenvalue weighted by Gasteiger charge is 2.21. The van der Waals surface area contributed by atoms with Crippen LogP contribution in [0, 0.1) is 5.92 Å². The zero-order chi connectivity index (χ0) is 15.8. The number of hydrogen-bond donors (Lipinski definition) is 1. The fourth-order valence-electron chi connectivity index (χ4n) is 2.78. The third-order valence-corrected chi connectivity index (χ3v) is 4.72. The summed E-state index contributed by atoms with van der Waals surface area (Å²) in [5, 5.41) is 5.10. The number of thiophene rings is 1. The fraction of sp³-hybridized carbons (Fsp3) is 0.706. The van der Waals surface area contributed by atoms with Crippen molar-refractivity contribution in [2.75, 3.05) is 32.8 Å². The van der Waals surface area contributed by atoms with Crippen LogP contribution in [-0.2, 0) is 16.0 Å². The Hall–Kier alpha value is -0.910. The molecule has 124 valence electrons. The van der Waals surface area contributed by atoms with Gasteiger partial charge in [0, 0.05) is 37.5 Å². The van der Waals surface area contributed by atoms with Crippen LogP contribution in [0.3, 0.4) is 0 Å². The van der Waals surface area contributed by atoms with Gasteiger partial charge in [-0.25, -0.2) is 0 Å². The Morgan fingerprint density at radius 2 is 2.41 bits per heavy atom. The number of ether oxygens (including phenoxy) is 1. The van der Waals surface area contributed by atoms with Gasteiger partial charge in [-0.1, -0.05) is 19.9 Å². The highest BCUT2D eigenvalue weighted by atomic mass is 32.1. The van der Waals surface area contributed by atoms with Crippen molar-refractivity contribution in [1.82, 2.24) is 10.2 Å². The molecular weight excluding hydrogens is 296 g/mol. The molecule has 22 heavy (non-hydrogen) atoms. The van der Waals surface area contributed by atoms with Crippen LogP contribution >= 0.6 is 11.3 Å². The van der Waals surface area contributed by atoms with Crippen LogP contribution in [0.15, 0.2) is 17.5 Å². The SMILES string of the molecule is CC(C)CN1CCOC(CNC(=O)CCCc2cccs2)C1. The van der Waals surface area contributed by atoms with Gasteiger partial charge < -0.3 is 10.1 Å². The quantitative estimate of drug-likeness (QED) is 0.799. The molecular formula is C17H28N2O2S. The van der Waals surface area contributed by atoms with Gasteiger partial charge in [0.25, 0.3) is 0 Å². The van der Waals surface area contributed by atoms with Crippen molar-refractivity contribution >= 4 is 17.2 Å². The minimum atomic E-state index is 0.133. The standard InChI is InChI=1S/C17H28N2O2S/c1-14(2)12-19-8-9-21-15(13-19)11-18-17(20)7-3-5-16-6-4-10-22-16/h4,6,10,14-15H,3,5,7-9,11-13H2,1-2H3,(H,18,20). The summed E-state index contributed by atoms with van der Waals surface area (Å²) in [6.45, 7) is 8.91. The van der Waals surface area contributed by atoms with Gasteiger partial charge in [0.1, 0.15) is 0 Å². The monoisotopic (exact) mass is 324 g/mol. The van der Waals surface area contributed by atoms with E-state index in [0.29, 0.717) is 18.9 Å². The molecule has 0 aromatic carbocycles. The van der Waals surface area contributed by atoms with Crippen LogP contribution < -0.4 is 5.32 Å². The van der Waals surface area contributed by atoms with E-state index in [9.17, 15) is 4.79 Å². The van der Waals surface area contributed by atoms with E-state index in [1.165, 1.54) is 4.88 Å². The average Bonchev–Trinajstić information content (AvgIpc) is 2.98. The maximum atomic E-state index is 11.9. The summed E-state index contributed by atoms with van der Waals surface area (Å²) in [6, 6.07) is 4.19. The molecule has 1 saturated heterocycles. The van der Waals surface area contributed by atoms with E-state index in [4.69, 9.17) is 4.74 Å². The second-order valence-electron chi connectivity index (χ2n) is 6.38. The van der Waals surface area contributed by atoms with E-state index in [2.05, 4.69) is 41.6 Å². The van der Waals surface area contributed by atoms with Gasteiger partial charge in [0.15, 0.2) is 0 Å². The van der Waals surface area contributed by atoms with Crippen molar-refractivity contribution in [3.8, 4) is 0 Å². The van der Waals surface area contributed by atoms with Crippen LogP contribution in [0.4, 0.5) is 0 Å². The van der Waals surface area contributed by atoms with E-state index in [-0.39, 0.29) is 12.0 Å². The van der Waals surface area contributed by atoms with E-state index < -0.39 is 0 Å². The van der Waals surface area contributed by atoms with Crippen molar-refractivity contribution in [3.63, 3.8) is 0 Å². The van der Waals surface area contributed by atoms with Crippen LogP contribution in [-0.4, -0.2) is 49.7 Å². The normalized spacial score (nSPS) is 19.5. The molecule has 1 aromatic rings. The van der Waals surface area contributed by atoms with Crippen LogP contribution in [0.5, 0.6) is 0 Å². The lowest BCUT2D eigenvalue weighted by Gasteiger charge is -2.33. The Morgan fingerprint density at radius 3 is 3.14 bits per heavy atom. The summed E-state index contributed by atoms with van der Waals surface area (Å²) < 4.78 is 5.75. The fourth-order valence-corrected chi connectivity index (χ4v) is 3.53. The first kappa shape index (κ1) is 17.4. The van der Waals surface area contributed by atoms with Gasteiger partial charge in [-0.3, -0.25) is 9.69 Å². The van der Waals surface area contributed by atoms with Gasteiger partial charge in [0.2, 0.25) is 5.91 Å². The molecule has 1 aliphatic heterocycles. The number of nitrogens with one attached hydrogen (secondary N) is 1. The topological polar surface area (TPSA) is 41.6 Å². The van der Waals surface area contributed by atoms with Crippen LogP contribution in [0.25, 0.3) is 0 Å². The number of hydrogen-bond acceptors (Lipinski definition) is 4. The highest BCUT2D eigenvalue weighted by molar-refractivity contribution is 7.09. The molecule has 1 aliphatic rings. The summed E-state index contributed by atoms with van der Waals surface area (Å²) >= 11 is 1.76. The molecule has 1 N–H and O–H groups in total. The Balaban J connectivity index is 1.59. The van der Waals surface area contributed by atoms with Crippen molar-refractivity contribution < 1.29 is 9.53 Å². The van der Waals surface area contributed by atoms with E-state index in [0.717, 1.165) is 39.1 Å². The van der Waals surface area contributed by atoms with E-state index in [1.54, 1.807) is 11.3 Å². The summed E-state index contributed by atoms with van der Waals surface area (Å²) in [5.74, 6) is 0.812. The number of nitrogens with zero attached hydrogens (tertiary/aromatic N) is 1. The molecule has 4 nitrogen and oxygen atoms in total. The highest BCUT2D eigenvalue weighted by Crippen LogP contribution is 2.12. The minimum absolute atomic E-state index is 0.133. The molecule has 2 rings (SSSR count). The van der Waals surface area contributed by atoms with Crippen molar-refractivity contribution in [1.29, 1.82) is 0 Å². The first-order valence-corrected chi connectivity index (χ1v) is 9.14. The molecule has 0 spiro atoms. The number of rotatable bonds is 8. The van der Waals surface area contributed by atoms with Crippen molar-refractivity contribution in [2.45, 2.75) is 39.2 Å². The molecule has 0 saturated carbocycles. The minimum Gasteiger partial charge on any atom is -0.374 e. The van der Waals surface area contributed by atoms with Gasteiger partial charge in [-0.2, -0.15) is 0 Å².